The Morgan fingerprint density at radius 1 is 1.06 bits per heavy atom. The molecule has 2 aromatic carbocycles. The van der Waals surface area contributed by atoms with Crippen LogP contribution >= 0.6 is 0 Å². The maximum atomic E-state index is 13.1. The van der Waals surface area contributed by atoms with Gasteiger partial charge in [0.25, 0.3) is 0 Å². The van der Waals surface area contributed by atoms with Crippen LogP contribution < -0.4 is 9.80 Å². The number of alkyl halides is 3. The third kappa shape index (κ3) is 5.50. The van der Waals surface area contributed by atoms with Gasteiger partial charge >= 0.3 is 6.18 Å². The summed E-state index contributed by atoms with van der Waals surface area (Å²) < 4.78 is 39.4. The molecule has 1 aliphatic heterocycles. The summed E-state index contributed by atoms with van der Waals surface area (Å²) in [7, 11) is 1.74. The standard InChI is InChI=1S/C16H12F3N3.C9H11NO/c1-10-6-14(16(17,18)19)13(7-20)15(21-10)22-8-11-4-2-3-5-12(11)9-22;1-8-4-3-5-9(6-8)10(2)7-11/h2-6H,8-9H2,1H3;3-7H,1-2H3. The minimum Gasteiger partial charge on any atom is -0.347 e. The first-order valence-corrected chi connectivity index (χ1v) is 10.2. The first kappa shape index (κ1) is 23.8. The summed E-state index contributed by atoms with van der Waals surface area (Å²) in [5, 5.41) is 9.21. The van der Waals surface area contributed by atoms with E-state index in [2.05, 4.69) is 4.98 Å². The van der Waals surface area contributed by atoms with Gasteiger partial charge < -0.3 is 9.80 Å². The fraction of sp³-hybridized carbons (Fsp3) is 0.240. The van der Waals surface area contributed by atoms with Crippen molar-refractivity contribution >= 4 is 17.9 Å². The van der Waals surface area contributed by atoms with Crippen molar-refractivity contribution in [3.05, 3.63) is 88.1 Å². The quantitative estimate of drug-likeness (QED) is 0.500. The van der Waals surface area contributed by atoms with Gasteiger partial charge in [-0.25, -0.2) is 4.98 Å². The minimum atomic E-state index is -4.57. The smallest absolute Gasteiger partial charge is 0.347 e. The van der Waals surface area contributed by atoms with Gasteiger partial charge in [-0.1, -0.05) is 36.4 Å². The molecule has 2 heterocycles. The number of nitriles is 1. The van der Waals surface area contributed by atoms with E-state index in [0.29, 0.717) is 13.1 Å². The Morgan fingerprint density at radius 3 is 2.21 bits per heavy atom. The summed E-state index contributed by atoms with van der Waals surface area (Å²) >= 11 is 0. The lowest BCUT2D eigenvalue weighted by atomic mass is 10.1. The highest BCUT2D eigenvalue weighted by Gasteiger charge is 2.37. The van der Waals surface area contributed by atoms with E-state index in [1.54, 1.807) is 22.9 Å². The molecule has 0 N–H and O–H groups in total. The second-order valence-electron chi connectivity index (χ2n) is 7.80. The van der Waals surface area contributed by atoms with Crippen LogP contribution in [0, 0.1) is 25.2 Å². The van der Waals surface area contributed by atoms with E-state index in [1.807, 2.05) is 55.5 Å². The Morgan fingerprint density at radius 2 is 1.70 bits per heavy atom. The number of aromatic nitrogens is 1. The summed E-state index contributed by atoms with van der Waals surface area (Å²) in [5.41, 5.74) is 3.10. The zero-order valence-corrected chi connectivity index (χ0v) is 18.5. The predicted molar refractivity (Wildman–Crippen MR) is 121 cm³/mol. The van der Waals surface area contributed by atoms with Crippen LogP contribution in [-0.2, 0) is 24.1 Å². The molecule has 1 aromatic heterocycles. The number of nitrogens with zero attached hydrogens (tertiary/aromatic N) is 4. The fourth-order valence-corrected chi connectivity index (χ4v) is 3.61. The van der Waals surface area contributed by atoms with Crippen molar-refractivity contribution in [3.8, 4) is 6.07 Å². The number of amides is 1. The zero-order valence-electron chi connectivity index (χ0n) is 18.5. The summed E-state index contributed by atoms with van der Waals surface area (Å²) in [4.78, 5) is 17.8. The first-order chi connectivity index (χ1) is 15.6. The van der Waals surface area contributed by atoms with E-state index in [9.17, 15) is 23.2 Å². The number of aryl methyl sites for hydroxylation is 2. The van der Waals surface area contributed by atoms with Gasteiger partial charge in [0.05, 0.1) is 5.56 Å². The van der Waals surface area contributed by atoms with Crippen molar-refractivity contribution in [2.75, 3.05) is 16.8 Å². The molecule has 5 nitrogen and oxygen atoms in total. The number of pyridine rings is 1. The van der Waals surface area contributed by atoms with E-state index in [-0.39, 0.29) is 11.5 Å². The Hall–Kier alpha value is -3.86. The van der Waals surface area contributed by atoms with Gasteiger partial charge in [-0.3, -0.25) is 4.79 Å². The Balaban J connectivity index is 0.000000235. The van der Waals surface area contributed by atoms with Gasteiger partial charge in [0, 0.05) is 31.5 Å². The molecule has 0 atom stereocenters. The molecule has 1 aliphatic rings. The molecule has 0 saturated carbocycles. The molecular formula is C25H23F3N4O. The number of hydrogen-bond donors (Lipinski definition) is 0. The Labute approximate surface area is 190 Å². The van der Waals surface area contributed by atoms with Crippen molar-refractivity contribution in [1.82, 2.24) is 4.98 Å². The number of rotatable bonds is 3. The fourth-order valence-electron chi connectivity index (χ4n) is 3.61. The van der Waals surface area contributed by atoms with E-state index >= 15 is 0 Å². The van der Waals surface area contributed by atoms with Crippen molar-refractivity contribution in [2.24, 2.45) is 0 Å². The molecule has 0 aliphatic carbocycles. The number of halogens is 3. The minimum absolute atomic E-state index is 0.103. The maximum Gasteiger partial charge on any atom is 0.417 e. The highest BCUT2D eigenvalue weighted by atomic mass is 19.4. The molecule has 0 spiro atoms. The molecule has 0 unspecified atom stereocenters. The highest BCUT2D eigenvalue weighted by molar-refractivity contribution is 5.74. The topological polar surface area (TPSA) is 60.2 Å². The molecule has 1 amide bonds. The van der Waals surface area contributed by atoms with Crippen LogP contribution in [0.25, 0.3) is 0 Å². The van der Waals surface area contributed by atoms with Crippen LogP contribution in [-0.4, -0.2) is 18.4 Å². The molecule has 8 heteroatoms. The van der Waals surface area contributed by atoms with Crippen LogP contribution in [0.3, 0.4) is 0 Å². The van der Waals surface area contributed by atoms with Crippen molar-refractivity contribution in [2.45, 2.75) is 33.1 Å². The van der Waals surface area contributed by atoms with E-state index in [1.165, 1.54) is 6.92 Å². The van der Waals surface area contributed by atoms with Gasteiger partial charge in [0.1, 0.15) is 17.5 Å². The van der Waals surface area contributed by atoms with E-state index < -0.39 is 17.3 Å². The lowest BCUT2D eigenvalue weighted by Crippen LogP contribution is -2.20. The maximum absolute atomic E-state index is 13.1. The molecule has 0 bridgehead atoms. The number of benzene rings is 2. The molecule has 4 rings (SSSR count). The summed E-state index contributed by atoms with van der Waals surface area (Å²) in [6.07, 6.45) is -3.77. The summed E-state index contributed by atoms with van der Waals surface area (Å²) in [6.45, 7) is 4.42. The number of carbonyl (C=O) groups is 1. The van der Waals surface area contributed by atoms with Gasteiger partial charge in [0.2, 0.25) is 6.41 Å². The average molecular weight is 452 g/mol. The highest BCUT2D eigenvalue weighted by Crippen LogP contribution is 2.37. The van der Waals surface area contributed by atoms with Crippen molar-refractivity contribution in [3.63, 3.8) is 0 Å². The van der Waals surface area contributed by atoms with Crippen molar-refractivity contribution < 1.29 is 18.0 Å². The predicted octanol–water partition coefficient (Wildman–Crippen LogP) is 5.39. The van der Waals surface area contributed by atoms with Gasteiger partial charge in [-0.2, -0.15) is 18.4 Å². The first-order valence-electron chi connectivity index (χ1n) is 10.2. The summed E-state index contributed by atoms with van der Waals surface area (Å²) in [6, 6.07) is 18.0. The number of fused-ring (bicyclic) bond motifs is 1. The third-order valence-corrected chi connectivity index (χ3v) is 5.25. The van der Waals surface area contributed by atoms with Gasteiger partial charge in [0.15, 0.2) is 0 Å². The molecule has 0 saturated heterocycles. The second-order valence-corrected chi connectivity index (χ2v) is 7.80. The molecule has 3 aromatic rings. The molecule has 170 valence electrons. The largest absolute Gasteiger partial charge is 0.417 e. The van der Waals surface area contributed by atoms with Crippen LogP contribution in [0.1, 0.15) is 33.5 Å². The van der Waals surface area contributed by atoms with Crippen LogP contribution in [0.4, 0.5) is 24.7 Å². The van der Waals surface area contributed by atoms with Gasteiger partial charge in [-0.05, 0) is 48.7 Å². The molecule has 0 fully saturated rings. The molecule has 33 heavy (non-hydrogen) atoms. The summed E-state index contributed by atoms with van der Waals surface area (Å²) in [5.74, 6) is 0.103. The monoisotopic (exact) mass is 452 g/mol. The third-order valence-electron chi connectivity index (χ3n) is 5.25. The Kier molecular flexibility index (Phi) is 7.02. The molecular weight excluding hydrogens is 429 g/mol. The number of carbonyl (C=O) groups excluding carboxylic acids is 1. The lowest BCUT2D eigenvalue weighted by Gasteiger charge is -2.21. The Bertz CT molecular complexity index is 1180. The van der Waals surface area contributed by atoms with Crippen LogP contribution in [0.15, 0.2) is 54.6 Å². The van der Waals surface area contributed by atoms with E-state index in [0.717, 1.165) is 34.9 Å². The van der Waals surface area contributed by atoms with E-state index in [4.69, 9.17) is 0 Å². The van der Waals surface area contributed by atoms with Crippen molar-refractivity contribution in [1.29, 1.82) is 5.26 Å². The van der Waals surface area contributed by atoms with Gasteiger partial charge in [-0.15, -0.1) is 0 Å². The SMILES string of the molecule is Cc1cc(C(F)(F)F)c(C#N)c(N2Cc3ccccc3C2)n1.Cc1cccc(N(C)C=O)c1. The average Bonchev–Trinajstić information content (AvgIpc) is 3.22. The second kappa shape index (κ2) is 9.74. The van der Waals surface area contributed by atoms with Crippen LogP contribution in [0.5, 0.6) is 0 Å². The van der Waals surface area contributed by atoms with Crippen LogP contribution in [0.2, 0.25) is 0 Å². The zero-order chi connectivity index (χ0) is 24.2. The number of hydrogen-bond acceptors (Lipinski definition) is 4. The normalized spacial score (nSPS) is 12.3. The molecule has 0 radical (unpaired) electrons. The lowest BCUT2D eigenvalue weighted by molar-refractivity contribution is -0.137. The number of anilines is 2.